The zero-order valence-corrected chi connectivity index (χ0v) is 16.2. The van der Waals surface area contributed by atoms with Crippen molar-refractivity contribution in [3.63, 3.8) is 0 Å². The average Bonchev–Trinajstić information content (AvgIpc) is 2.64. The highest BCUT2D eigenvalue weighted by molar-refractivity contribution is 7.89. The van der Waals surface area contributed by atoms with Crippen LogP contribution in [0, 0.1) is 18.7 Å². The molecule has 6 nitrogen and oxygen atoms in total. The molecule has 2 aromatic rings. The molecular formula is C18H19ClFN3O3S. The molecule has 1 aromatic heterocycles. The number of piperidine rings is 1. The van der Waals surface area contributed by atoms with Gasteiger partial charge in [-0.25, -0.2) is 12.8 Å². The summed E-state index contributed by atoms with van der Waals surface area (Å²) < 4.78 is 40.0. The summed E-state index contributed by atoms with van der Waals surface area (Å²) in [5.74, 6) is -1.08. The van der Waals surface area contributed by atoms with Crippen molar-refractivity contribution in [1.82, 2.24) is 9.29 Å². The lowest BCUT2D eigenvalue weighted by molar-refractivity contribution is -0.120. The molecule has 144 valence electrons. The third-order valence-corrected chi connectivity index (χ3v) is 6.70. The SMILES string of the molecule is Cc1cc(NC(=O)C2CCN(S(=O)(=O)c3ccc(F)c(Cl)c3)CC2)ccn1. The molecule has 9 heteroatoms. The quantitative estimate of drug-likeness (QED) is 0.837. The lowest BCUT2D eigenvalue weighted by Gasteiger charge is -2.30. The Hall–Kier alpha value is -2.03. The molecule has 1 N–H and O–H groups in total. The van der Waals surface area contributed by atoms with Crippen LogP contribution in [0.2, 0.25) is 5.02 Å². The number of pyridine rings is 1. The van der Waals surface area contributed by atoms with Gasteiger partial charge in [-0.2, -0.15) is 4.31 Å². The van der Waals surface area contributed by atoms with Crippen LogP contribution in [0.4, 0.5) is 10.1 Å². The lowest BCUT2D eigenvalue weighted by Crippen LogP contribution is -2.41. The molecule has 0 radical (unpaired) electrons. The van der Waals surface area contributed by atoms with Crippen LogP contribution in [0.15, 0.2) is 41.4 Å². The zero-order chi connectivity index (χ0) is 19.6. The summed E-state index contributed by atoms with van der Waals surface area (Å²) in [6.07, 6.45) is 2.43. The van der Waals surface area contributed by atoms with Gasteiger partial charge in [0.1, 0.15) is 5.82 Å². The second-order valence-corrected chi connectivity index (χ2v) is 8.77. The van der Waals surface area contributed by atoms with E-state index in [1.807, 2.05) is 6.92 Å². The van der Waals surface area contributed by atoms with Crippen molar-refractivity contribution in [2.45, 2.75) is 24.7 Å². The van der Waals surface area contributed by atoms with Gasteiger partial charge in [-0.05, 0) is 50.1 Å². The number of hydrogen-bond donors (Lipinski definition) is 1. The Morgan fingerprint density at radius 3 is 2.59 bits per heavy atom. The topological polar surface area (TPSA) is 79.4 Å². The third kappa shape index (κ3) is 4.45. The highest BCUT2D eigenvalue weighted by atomic mass is 35.5. The van der Waals surface area contributed by atoms with Gasteiger partial charge in [-0.1, -0.05) is 11.6 Å². The van der Waals surface area contributed by atoms with Crippen LogP contribution in [-0.4, -0.2) is 36.7 Å². The monoisotopic (exact) mass is 411 g/mol. The van der Waals surface area contributed by atoms with Crippen molar-refractivity contribution in [3.05, 3.63) is 53.1 Å². The first-order chi connectivity index (χ1) is 12.8. The molecule has 0 saturated carbocycles. The molecule has 3 rings (SSSR count). The number of carbonyl (C=O) groups excluding carboxylic acids is 1. The van der Waals surface area contributed by atoms with Gasteiger partial charge in [0.25, 0.3) is 0 Å². The Morgan fingerprint density at radius 2 is 1.96 bits per heavy atom. The summed E-state index contributed by atoms with van der Waals surface area (Å²) in [5, 5.41) is 2.61. The zero-order valence-electron chi connectivity index (χ0n) is 14.7. The van der Waals surface area contributed by atoms with Gasteiger partial charge in [0.2, 0.25) is 15.9 Å². The maximum Gasteiger partial charge on any atom is 0.243 e. The fourth-order valence-corrected chi connectivity index (χ4v) is 4.75. The van der Waals surface area contributed by atoms with Crippen molar-refractivity contribution in [2.24, 2.45) is 5.92 Å². The van der Waals surface area contributed by atoms with E-state index in [1.54, 1.807) is 18.3 Å². The summed E-state index contributed by atoms with van der Waals surface area (Å²) in [7, 11) is -3.77. The largest absolute Gasteiger partial charge is 0.326 e. The van der Waals surface area contributed by atoms with E-state index in [1.165, 1.54) is 10.4 Å². The van der Waals surface area contributed by atoms with Crippen molar-refractivity contribution in [1.29, 1.82) is 0 Å². The van der Waals surface area contributed by atoms with Crippen LogP contribution in [0.3, 0.4) is 0 Å². The highest BCUT2D eigenvalue weighted by Gasteiger charge is 2.32. The third-order valence-electron chi connectivity index (χ3n) is 4.52. The molecule has 1 aliphatic heterocycles. The van der Waals surface area contributed by atoms with E-state index < -0.39 is 15.8 Å². The smallest absolute Gasteiger partial charge is 0.243 e. The maximum absolute atomic E-state index is 13.3. The molecule has 1 saturated heterocycles. The molecular weight excluding hydrogens is 393 g/mol. The van der Waals surface area contributed by atoms with Gasteiger partial charge in [0, 0.05) is 36.6 Å². The van der Waals surface area contributed by atoms with Crippen LogP contribution in [-0.2, 0) is 14.8 Å². The first-order valence-corrected chi connectivity index (χ1v) is 10.3. The Morgan fingerprint density at radius 1 is 1.26 bits per heavy atom. The van der Waals surface area contributed by atoms with Crippen LogP contribution in [0.25, 0.3) is 0 Å². The number of nitrogens with zero attached hydrogens (tertiary/aromatic N) is 2. The second-order valence-electron chi connectivity index (χ2n) is 6.43. The molecule has 27 heavy (non-hydrogen) atoms. The van der Waals surface area contributed by atoms with Crippen LogP contribution in [0.5, 0.6) is 0 Å². The summed E-state index contributed by atoms with van der Waals surface area (Å²) in [4.78, 5) is 16.5. The fourth-order valence-electron chi connectivity index (χ4n) is 3.01. The van der Waals surface area contributed by atoms with Gasteiger partial charge < -0.3 is 5.32 Å². The molecule has 0 unspecified atom stereocenters. The first kappa shape index (κ1) is 19.7. The number of nitrogens with one attached hydrogen (secondary N) is 1. The molecule has 0 atom stereocenters. The lowest BCUT2D eigenvalue weighted by atomic mass is 9.97. The van der Waals surface area contributed by atoms with E-state index in [-0.39, 0.29) is 34.8 Å². The Balaban J connectivity index is 1.64. The molecule has 0 aliphatic carbocycles. The number of carbonyl (C=O) groups is 1. The number of anilines is 1. The van der Waals surface area contributed by atoms with Crippen LogP contribution >= 0.6 is 11.6 Å². The molecule has 1 aromatic carbocycles. The van der Waals surface area contributed by atoms with Gasteiger partial charge in [-0.15, -0.1) is 0 Å². The van der Waals surface area contributed by atoms with Crippen LogP contribution < -0.4 is 5.32 Å². The van der Waals surface area contributed by atoms with Crippen LogP contribution in [0.1, 0.15) is 18.5 Å². The van der Waals surface area contributed by atoms with Gasteiger partial charge in [0.15, 0.2) is 0 Å². The number of aryl methyl sites for hydroxylation is 1. The van der Waals surface area contributed by atoms with E-state index in [4.69, 9.17) is 11.6 Å². The Labute approximate surface area is 162 Å². The number of benzene rings is 1. The minimum atomic E-state index is -3.77. The highest BCUT2D eigenvalue weighted by Crippen LogP contribution is 2.27. The van der Waals surface area contributed by atoms with E-state index >= 15 is 0 Å². The van der Waals surface area contributed by atoms with E-state index in [2.05, 4.69) is 10.3 Å². The molecule has 1 aliphatic rings. The van der Waals surface area contributed by atoms with Crippen molar-refractivity contribution < 1.29 is 17.6 Å². The number of halogens is 2. The predicted octanol–water partition coefficient (Wildman–Crippen LogP) is 3.22. The molecule has 2 heterocycles. The number of sulfonamides is 1. The average molecular weight is 412 g/mol. The van der Waals surface area contributed by atoms with Gasteiger partial charge >= 0.3 is 0 Å². The fraction of sp³-hybridized carbons (Fsp3) is 0.333. The minimum absolute atomic E-state index is 0.0518. The Kier molecular flexibility index (Phi) is 5.78. The summed E-state index contributed by atoms with van der Waals surface area (Å²) in [6, 6.07) is 6.82. The first-order valence-electron chi connectivity index (χ1n) is 8.46. The number of hydrogen-bond acceptors (Lipinski definition) is 4. The van der Waals surface area contributed by atoms with E-state index in [9.17, 15) is 17.6 Å². The molecule has 0 bridgehead atoms. The summed E-state index contributed by atoms with van der Waals surface area (Å²) in [5.41, 5.74) is 1.47. The predicted molar refractivity (Wildman–Crippen MR) is 100 cm³/mol. The van der Waals surface area contributed by atoms with E-state index in [0.29, 0.717) is 18.5 Å². The Bertz CT molecular complexity index is 960. The van der Waals surface area contributed by atoms with Crippen molar-refractivity contribution >= 4 is 33.2 Å². The maximum atomic E-state index is 13.3. The number of aromatic nitrogens is 1. The van der Waals surface area contributed by atoms with Crippen molar-refractivity contribution in [2.75, 3.05) is 18.4 Å². The minimum Gasteiger partial charge on any atom is -0.326 e. The number of amides is 1. The normalized spacial score (nSPS) is 16.3. The standard InChI is InChI=1S/C18H19ClFN3O3S/c1-12-10-14(4-7-21-12)22-18(24)13-5-8-23(9-6-13)27(25,26)15-2-3-17(20)16(19)11-15/h2-4,7,10-11,13H,5-6,8-9H2,1H3,(H,21,22,24). The molecule has 1 amide bonds. The molecule has 0 spiro atoms. The van der Waals surface area contributed by atoms with Crippen molar-refractivity contribution in [3.8, 4) is 0 Å². The summed E-state index contributed by atoms with van der Waals surface area (Å²) in [6.45, 7) is 2.26. The van der Waals surface area contributed by atoms with Gasteiger partial charge in [0.05, 0.1) is 9.92 Å². The second kappa shape index (κ2) is 7.92. The number of rotatable bonds is 4. The summed E-state index contributed by atoms with van der Waals surface area (Å²) >= 11 is 5.70. The van der Waals surface area contributed by atoms with Gasteiger partial charge in [-0.3, -0.25) is 9.78 Å². The molecule has 1 fully saturated rings. The van der Waals surface area contributed by atoms with E-state index in [0.717, 1.165) is 17.8 Å².